The Kier molecular flexibility index (Phi) is 5.31. The molecular formula is C19H24N2O. The molecule has 1 aromatic heterocycles. The van der Waals surface area contributed by atoms with Gasteiger partial charge in [-0.25, -0.2) is 0 Å². The molecule has 2 aromatic rings. The molecule has 0 saturated carbocycles. The molecule has 1 amide bonds. The molecular weight excluding hydrogens is 272 g/mol. The van der Waals surface area contributed by atoms with Crippen molar-refractivity contribution in [3.05, 3.63) is 65.5 Å². The molecule has 0 aliphatic heterocycles. The molecule has 0 spiro atoms. The lowest BCUT2D eigenvalue weighted by atomic mass is 9.86. The van der Waals surface area contributed by atoms with Gasteiger partial charge >= 0.3 is 0 Å². The summed E-state index contributed by atoms with van der Waals surface area (Å²) >= 11 is 0. The Morgan fingerprint density at radius 1 is 1.00 bits per heavy atom. The van der Waals surface area contributed by atoms with Gasteiger partial charge in [0.25, 0.3) is 0 Å². The van der Waals surface area contributed by atoms with Gasteiger partial charge in [0.05, 0.1) is 0 Å². The maximum absolute atomic E-state index is 11.9. The minimum absolute atomic E-state index is 0.0803. The number of rotatable bonds is 5. The van der Waals surface area contributed by atoms with Crippen molar-refractivity contribution in [3.63, 3.8) is 0 Å². The van der Waals surface area contributed by atoms with E-state index in [0.717, 1.165) is 12.0 Å². The maximum atomic E-state index is 11.9. The largest absolute Gasteiger partial charge is 0.352 e. The van der Waals surface area contributed by atoms with Crippen LogP contribution in [0.1, 0.15) is 43.9 Å². The van der Waals surface area contributed by atoms with Crippen LogP contribution in [0, 0.1) is 0 Å². The van der Waals surface area contributed by atoms with E-state index in [-0.39, 0.29) is 11.3 Å². The van der Waals surface area contributed by atoms with E-state index in [9.17, 15) is 4.79 Å². The zero-order valence-corrected chi connectivity index (χ0v) is 13.6. The van der Waals surface area contributed by atoms with E-state index in [1.165, 1.54) is 11.1 Å². The molecule has 22 heavy (non-hydrogen) atoms. The first kappa shape index (κ1) is 16.2. The number of nitrogens with zero attached hydrogens (tertiary/aromatic N) is 1. The fourth-order valence-corrected chi connectivity index (χ4v) is 2.22. The van der Waals surface area contributed by atoms with E-state index in [2.05, 4.69) is 55.3 Å². The summed E-state index contributed by atoms with van der Waals surface area (Å²) in [5, 5.41) is 2.94. The molecule has 0 unspecified atom stereocenters. The number of amides is 1. The van der Waals surface area contributed by atoms with Crippen molar-refractivity contribution in [3.8, 4) is 0 Å². The van der Waals surface area contributed by atoms with Crippen LogP contribution >= 0.6 is 0 Å². The highest BCUT2D eigenvalue weighted by atomic mass is 16.1. The summed E-state index contributed by atoms with van der Waals surface area (Å²) in [7, 11) is 0. The first-order chi connectivity index (χ1) is 10.4. The van der Waals surface area contributed by atoms with Crippen molar-refractivity contribution in [2.24, 2.45) is 0 Å². The topological polar surface area (TPSA) is 42.0 Å². The van der Waals surface area contributed by atoms with E-state index in [4.69, 9.17) is 0 Å². The molecule has 116 valence electrons. The molecule has 0 aliphatic rings. The number of pyridine rings is 1. The van der Waals surface area contributed by atoms with Crippen molar-refractivity contribution in [2.45, 2.75) is 45.6 Å². The van der Waals surface area contributed by atoms with Crippen molar-refractivity contribution < 1.29 is 4.79 Å². The fourth-order valence-electron chi connectivity index (χ4n) is 2.22. The summed E-state index contributed by atoms with van der Waals surface area (Å²) in [6.07, 6.45) is 4.75. The molecule has 3 heteroatoms. The van der Waals surface area contributed by atoms with E-state index in [1.54, 1.807) is 12.4 Å². The smallest absolute Gasteiger partial charge is 0.220 e. The lowest BCUT2D eigenvalue weighted by Gasteiger charge is -2.19. The molecule has 1 aromatic carbocycles. The van der Waals surface area contributed by atoms with Crippen LogP contribution in [0.25, 0.3) is 0 Å². The molecule has 0 aliphatic carbocycles. The first-order valence-electron chi connectivity index (χ1n) is 7.70. The van der Waals surface area contributed by atoms with Crippen LogP contribution in [0.15, 0.2) is 48.8 Å². The molecule has 0 radical (unpaired) electrons. The molecule has 2 rings (SSSR count). The van der Waals surface area contributed by atoms with Crippen LogP contribution in [0.5, 0.6) is 0 Å². The number of aryl methyl sites for hydroxylation is 1. The average molecular weight is 296 g/mol. The number of carbonyl (C=O) groups excluding carboxylic acids is 1. The van der Waals surface area contributed by atoms with E-state index in [1.807, 2.05) is 12.1 Å². The van der Waals surface area contributed by atoms with Crippen LogP contribution < -0.4 is 5.32 Å². The van der Waals surface area contributed by atoms with Crippen LogP contribution in [-0.4, -0.2) is 10.9 Å². The van der Waals surface area contributed by atoms with Gasteiger partial charge in [0.2, 0.25) is 5.91 Å². The Labute approximate surface area is 132 Å². The highest BCUT2D eigenvalue weighted by Gasteiger charge is 2.12. The summed E-state index contributed by atoms with van der Waals surface area (Å²) in [5.74, 6) is 0.0803. The number of aromatic nitrogens is 1. The van der Waals surface area contributed by atoms with Crippen molar-refractivity contribution in [1.29, 1.82) is 0 Å². The lowest BCUT2D eigenvalue weighted by molar-refractivity contribution is -0.121. The standard InChI is InChI=1S/C19H24N2O/c1-19(2,3)17-7-4-15(5-8-17)6-9-18(22)21-14-16-10-12-20-13-11-16/h4-5,7-8,10-13H,6,9,14H2,1-3H3,(H,21,22). The minimum atomic E-state index is 0.0803. The van der Waals surface area contributed by atoms with Crippen LogP contribution in [0.3, 0.4) is 0 Å². The van der Waals surface area contributed by atoms with E-state index < -0.39 is 0 Å². The summed E-state index contributed by atoms with van der Waals surface area (Å²) in [5.41, 5.74) is 3.75. The fraction of sp³-hybridized carbons (Fsp3) is 0.368. The van der Waals surface area contributed by atoms with Gasteiger partial charge in [-0.1, -0.05) is 45.0 Å². The van der Waals surface area contributed by atoms with E-state index >= 15 is 0 Å². The second kappa shape index (κ2) is 7.21. The molecule has 3 nitrogen and oxygen atoms in total. The minimum Gasteiger partial charge on any atom is -0.352 e. The second-order valence-corrected chi connectivity index (χ2v) is 6.58. The van der Waals surface area contributed by atoms with Gasteiger partial charge < -0.3 is 5.32 Å². The van der Waals surface area contributed by atoms with Gasteiger partial charge in [0.15, 0.2) is 0 Å². The van der Waals surface area contributed by atoms with Gasteiger partial charge in [-0.3, -0.25) is 9.78 Å². The number of hydrogen-bond donors (Lipinski definition) is 1. The zero-order chi connectivity index (χ0) is 16.0. The monoisotopic (exact) mass is 296 g/mol. The van der Waals surface area contributed by atoms with E-state index in [0.29, 0.717) is 13.0 Å². The summed E-state index contributed by atoms with van der Waals surface area (Å²) < 4.78 is 0. The molecule has 1 heterocycles. The molecule has 0 saturated heterocycles. The normalized spacial score (nSPS) is 11.2. The predicted molar refractivity (Wildman–Crippen MR) is 89.5 cm³/mol. The van der Waals surface area contributed by atoms with Crippen LogP contribution in [-0.2, 0) is 23.2 Å². The number of hydrogen-bond acceptors (Lipinski definition) is 2. The Balaban J connectivity index is 1.79. The van der Waals surface area contributed by atoms with Crippen molar-refractivity contribution in [2.75, 3.05) is 0 Å². The molecule has 0 atom stereocenters. The Morgan fingerprint density at radius 2 is 1.64 bits per heavy atom. The van der Waals surface area contributed by atoms with Crippen molar-refractivity contribution in [1.82, 2.24) is 10.3 Å². The van der Waals surface area contributed by atoms with Gasteiger partial charge in [-0.05, 0) is 40.7 Å². The highest BCUT2D eigenvalue weighted by Crippen LogP contribution is 2.22. The summed E-state index contributed by atoms with van der Waals surface area (Å²) in [6.45, 7) is 7.17. The van der Waals surface area contributed by atoms with Gasteiger partial charge in [-0.2, -0.15) is 0 Å². The first-order valence-corrected chi connectivity index (χ1v) is 7.70. The Bertz CT molecular complexity index is 598. The SMILES string of the molecule is CC(C)(C)c1ccc(CCC(=O)NCc2ccncc2)cc1. The van der Waals surface area contributed by atoms with Gasteiger partial charge in [-0.15, -0.1) is 0 Å². The number of benzene rings is 1. The Morgan fingerprint density at radius 3 is 2.23 bits per heavy atom. The number of carbonyl (C=O) groups is 1. The van der Waals surface area contributed by atoms with Gasteiger partial charge in [0.1, 0.15) is 0 Å². The molecule has 0 bridgehead atoms. The lowest BCUT2D eigenvalue weighted by Crippen LogP contribution is -2.23. The Hall–Kier alpha value is -2.16. The van der Waals surface area contributed by atoms with Crippen LogP contribution in [0.4, 0.5) is 0 Å². The number of nitrogens with one attached hydrogen (secondary N) is 1. The average Bonchev–Trinajstić information content (AvgIpc) is 2.51. The highest BCUT2D eigenvalue weighted by molar-refractivity contribution is 5.76. The van der Waals surface area contributed by atoms with Crippen LogP contribution in [0.2, 0.25) is 0 Å². The maximum Gasteiger partial charge on any atom is 0.220 e. The molecule has 1 N–H and O–H groups in total. The summed E-state index contributed by atoms with van der Waals surface area (Å²) in [6, 6.07) is 12.4. The third-order valence-corrected chi connectivity index (χ3v) is 3.70. The third kappa shape index (κ3) is 4.99. The predicted octanol–water partition coefficient (Wildman–Crippen LogP) is 3.63. The molecule has 0 fully saturated rings. The zero-order valence-electron chi connectivity index (χ0n) is 13.6. The van der Waals surface area contributed by atoms with Gasteiger partial charge in [0, 0.05) is 25.4 Å². The van der Waals surface area contributed by atoms with Crippen molar-refractivity contribution >= 4 is 5.91 Å². The summed E-state index contributed by atoms with van der Waals surface area (Å²) in [4.78, 5) is 15.8. The quantitative estimate of drug-likeness (QED) is 0.915. The second-order valence-electron chi connectivity index (χ2n) is 6.58. The third-order valence-electron chi connectivity index (χ3n) is 3.70.